The average molecular weight is 243 g/mol. The predicted octanol–water partition coefficient (Wildman–Crippen LogP) is 3.50. The SMILES string of the molecule is CCOCCCC1(C#N)CCc2ccccc2C1. The van der Waals surface area contributed by atoms with Gasteiger partial charge in [0, 0.05) is 13.2 Å². The van der Waals surface area contributed by atoms with Crippen LogP contribution in [0.1, 0.15) is 37.3 Å². The topological polar surface area (TPSA) is 33.0 Å². The Hall–Kier alpha value is -1.33. The van der Waals surface area contributed by atoms with Crippen molar-refractivity contribution in [1.82, 2.24) is 0 Å². The first-order valence-corrected chi connectivity index (χ1v) is 6.85. The summed E-state index contributed by atoms with van der Waals surface area (Å²) in [4.78, 5) is 0. The molecule has 18 heavy (non-hydrogen) atoms. The number of hydrogen-bond acceptors (Lipinski definition) is 2. The van der Waals surface area contributed by atoms with Crippen LogP contribution in [0.3, 0.4) is 0 Å². The molecule has 0 radical (unpaired) electrons. The number of aryl methyl sites for hydroxylation is 1. The lowest BCUT2D eigenvalue weighted by atomic mass is 9.70. The highest BCUT2D eigenvalue weighted by Crippen LogP contribution is 2.38. The molecule has 2 rings (SSSR count). The van der Waals surface area contributed by atoms with Gasteiger partial charge in [0.25, 0.3) is 0 Å². The van der Waals surface area contributed by atoms with Crippen molar-refractivity contribution < 1.29 is 4.74 Å². The molecule has 1 atom stereocenters. The summed E-state index contributed by atoms with van der Waals surface area (Å²) in [6, 6.07) is 11.1. The Kier molecular flexibility index (Phi) is 4.38. The van der Waals surface area contributed by atoms with Crippen LogP contribution in [0.25, 0.3) is 0 Å². The number of rotatable bonds is 5. The van der Waals surface area contributed by atoms with Crippen molar-refractivity contribution in [3.05, 3.63) is 35.4 Å². The number of nitriles is 1. The normalized spacial score (nSPS) is 22.2. The fourth-order valence-corrected chi connectivity index (χ4v) is 2.82. The smallest absolute Gasteiger partial charge is 0.0693 e. The van der Waals surface area contributed by atoms with E-state index in [1.165, 1.54) is 11.1 Å². The van der Waals surface area contributed by atoms with E-state index in [-0.39, 0.29) is 5.41 Å². The molecule has 1 aromatic rings. The largest absolute Gasteiger partial charge is 0.382 e. The summed E-state index contributed by atoms with van der Waals surface area (Å²) in [5.41, 5.74) is 2.63. The first kappa shape index (κ1) is 13.1. The predicted molar refractivity (Wildman–Crippen MR) is 72.2 cm³/mol. The lowest BCUT2D eigenvalue weighted by Gasteiger charge is -2.32. The molecule has 0 aromatic heterocycles. The summed E-state index contributed by atoms with van der Waals surface area (Å²) in [5, 5.41) is 9.53. The summed E-state index contributed by atoms with van der Waals surface area (Å²) < 4.78 is 5.37. The molecule has 0 amide bonds. The van der Waals surface area contributed by atoms with Crippen LogP contribution in [-0.4, -0.2) is 13.2 Å². The first-order chi connectivity index (χ1) is 8.79. The summed E-state index contributed by atoms with van der Waals surface area (Å²) in [5.74, 6) is 0. The zero-order valence-corrected chi connectivity index (χ0v) is 11.1. The van der Waals surface area contributed by atoms with E-state index >= 15 is 0 Å². The van der Waals surface area contributed by atoms with E-state index in [1.807, 2.05) is 6.92 Å². The second-order valence-corrected chi connectivity index (χ2v) is 5.14. The van der Waals surface area contributed by atoms with E-state index in [2.05, 4.69) is 30.3 Å². The Labute approximate surface area is 110 Å². The van der Waals surface area contributed by atoms with Gasteiger partial charge < -0.3 is 4.74 Å². The Morgan fingerprint density at radius 3 is 2.83 bits per heavy atom. The monoisotopic (exact) mass is 243 g/mol. The molecular formula is C16H21NO. The van der Waals surface area contributed by atoms with Gasteiger partial charge in [0.15, 0.2) is 0 Å². The molecule has 0 fully saturated rings. The zero-order valence-electron chi connectivity index (χ0n) is 11.1. The summed E-state index contributed by atoms with van der Waals surface area (Å²) in [7, 11) is 0. The quantitative estimate of drug-likeness (QED) is 0.741. The number of ether oxygens (including phenoxy) is 1. The molecule has 0 aliphatic heterocycles. The van der Waals surface area contributed by atoms with Crippen LogP contribution < -0.4 is 0 Å². The van der Waals surface area contributed by atoms with Gasteiger partial charge in [0.05, 0.1) is 11.5 Å². The molecule has 0 spiro atoms. The Balaban J connectivity index is 2.01. The Morgan fingerprint density at radius 2 is 2.11 bits per heavy atom. The Bertz CT molecular complexity index is 435. The molecule has 0 saturated heterocycles. The average Bonchev–Trinajstić information content (AvgIpc) is 2.43. The van der Waals surface area contributed by atoms with Crippen molar-refractivity contribution in [2.75, 3.05) is 13.2 Å². The molecule has 96 valence electrons. The lowest BCUT2D eigenvalue weighted by molar-refractivity contribution is 0.132. The highest BCUT2D eigenvalue weighted by atomic mass is 16.5. The molecule has 2 heteroatoms. The fourth-order valence-electron chi connectivity index (χ4n) is 2.82. The van der Waals surface area contributed by atoms with E-state index in [9.17, 15) is 5.26 Å². The maximum Gasteiger partial charge on any atom is 0.0693 e. The fraction of sp³-hybridized carbons (Fsp3) is 0.562. The minimum Gasteiger partial charge on any atom is -0.382 e. The van der Waals surface area contributed by atoms with Gasteiger partial charge in [-0.1, -0.05) is 24.3 Å². The standard InChI is InChI=1S/C16H21NO/c1-2-18-11-5-9-16(13-17)10-8-14-6-3-4-7-15(14)12-16/h3-4,6-7H,2,5,8-12H2,1H3. The van der Waals surface area contributed by atoms with Crippen molar-refractivity contribution >= 4 is 0 Å². The first-order valence-electron chi connectivity index (χ1n) is 6.85. The molecule has 0 heterocycles. The van der Waals surface area contributed by atoms with Gasteiger partial charge in [-0.25, -0.2) is 0 Å². The summed E-state index contributed by atoms with van der Waals surface area (Å²) in [6.45, 7) is 3.56. The van der Waals surface area contributed by atoms with Crippen LogP contribution in [0, 0.1) is 16.7 Å². The van der Waals surface area contributed by atoms with Crippen molar-refractivity contribution in [2.24, 2.45) is 5.41 Å². The van der Waals surface area contributed by atoms with Crippen molar-refractivity contribution in [3.8, 4) is 6.07 Å². The second-order valence-electron chi connectivity index (χ2n) is 5.14. The highest BCUT2D eigenvalue weighted by Gasteiger charge is 2.33. The van der Waals surface area contributed by atoms with Crippen molar-refractivity contribution in [3.63, 3.8) is 0 Å². The number of nitrogens with zero attached hydrogens (tertiary/aromatic N) is 1. The van der Waals surface area contributed by atoms with Gasteiger partial charge in [-0.2, -0.15) is 5.26 Å². The van der Waals surface area contributed by atoms with E-state index in [0.717, 1.165) is 45.3 Å². The van der Waals surface area contributed by atoms with Crippen LogP contribution in [0.4, 0.5) is 0 Å². The second kappa shape index (κ2) is 6.02. The van der Waals surface area contributed by atoms with E-state index in [4.69, 9.17) is 4.74 Å². The van der Waals surface area contributed by atoms with Crippen molar-refractivity contribution in [1.29, 1.82) is 5.26 Å². The van der Waals surface area contributed by atoms with E-state index in [0.29, 0.717) is 0 Å². The van der Waals surface area contributed by atoms with E-state index < -0.39 is 0 Å². The molecule has 1 aromatic carbocycles. The number of hydrogen-bond donors (Lipinski definition) is 0. The van der Waals surface area contributed by atoms with Gasteiger partial charge in [-0.05, 0) is 50.2 Å². The third kappa shape index (κ3) is 2.91. The zero-order chi connectivity index (χ0) is 12.8. The van der Waals surface area contributed by atoms with E-state index in [1.54, 1.807) is 0 Å². The maximum absolute atomic E-state index is 9.53. The molecular weight excluding hydrogens is 222 g/mol. The lowest BCUT2D eigenvalue weighted by Crippen LogP contribution is -2.27. The molecule has 1 unspecified atom stereocenters. The van der Waals surface area contributed by atoms with Crippen LogP contribution in [0.15, 0.2) is 24.3 Å². The van der Waals surface area contributed by atoms with Gasteiger partial charge >= 0.3 is 0 Å². The maximum atomic E-state index is 9.53. The molecule has 2 nitrogen and oxygen atoms in total. The van der Waals surface area contributed by atoms with Crippen LogP contribution >= 0.6 is 0 Å². The third-order valence-corrected chi connectivity index (χ3v) is 3.91. The molecule has 0 N–H and O–H groups in total. The Morgan fingerprint density at radius 1 is 1.33 bits per heavy atom. The minimum absolute atomic E-state index is 0.161. The van der Waals surface area contributed by atoms with Gasteiger partial charge in [0.2, 0.25) is 0 Å². The molecule has 1 aliphatic carbocycles. The van der Waals surface area contributed by atoms with Crippen LogP contribution in [-0.2, 0) is 17.6 Å². The minimum atomic E-state index is -0.161. The summed E-state index contributed by atoms with van der Waals surface area (Å²) in [6.07, 6.45) is 4.89. The van der Waals surface area contributed by atoms with Crippen LogP contribution in [0.2, 0.25) is 0 Å². The summed E-state index contributed by atoms with van der Waals surface area (Å²) >= 11 is 0. The number of benzene rings is 1. The molecule has 0 bridgehead atoms. The third-order valence-electron chi connectivity index (χ3n) is 3.91. The molecule has 1 aliphatic rings. The van der Waals surface area contributed by atoms with Gasteiger partial charge in [-0.15, -0.1) is 0 Å². The van der Waals surface area contributed by atoms with Gasteiger partial charge in [-0.3, -0.25) is 0 Å². The van der Waals surface area contributed by atoms with Crippen molar-refractivity contribution in [2.45, 2.75) is 39.0 Å². The van der Waals surface area contributed by atoms with Gasteiger partial charge in [0.1, 0.15) is 0 Å². The highest BCUT2D eigenvalue weighted by molar-refractivity contribution is 5.32. The molecule has 0 saturated carbocycles. The number of fused-ring (bicyclic) bond motifs is 1. The van der Waals surface area contributed by atoms with Crippen LogP contribution in [0.5, 0.6) is 0 Å².